The van der Waals surface area contributed by atoms with Crippen LogP contribution in [-0.2, 0) is 6.42 Å². The van der Waals surface area contributed by atoms with Crippen LogP contribution >= 0.6 is 0 Å². The number of nitrogens with zero attached hydrogens (tertiary/aromatic N) is 7. The SMILES string of the molecule is CCc1c(C=CCN2CCN(c3cc(F)cc(F)c3)C[C@H]2C)cnn1-c1cc(N2CC(C)(O)C2)nc(N)n1. The van der Waals surface area contributed by atoms with Crippen molar-refractivity contribution in [2.75, 3.05) is 54.8 Å². The number of aromatic nitrogens is 4. The van der Waals surface area contributed by atoms with Gasteiger partial charge in [0.15, 0.2) is 5.82 Å². The van der Waals surface area contributed by atoms with E-state index in [2.05, 4.69) is 46.0 Å². The van der Waals surface area contributed by atoms with Gasteiger partial charge in [-0.2, -0.15) is 15.1 Å². The molecule has 5 rings (SSSR count). The molecule has 1 atom stereocenters. The minimum atomic E-state index is -0.723. The number of hydrogen-bond acceptors (Lipinski definition) is 8. The third kappa shape index (κ3) is 5.48. The number of hydrogen-bond donors (Lipinski definition) is 2. The molecule has 0 unspecified atom stereocenters. The molecule has 3 aromatic rings. The smallest absolute Gasteiger partial charge is 0.224 e. The number of rotatable bonds is 7. The van der Waals surface area contributed by atoms with Crippen molar-refractivity contribution in [1.82, 2.24) is 24.6 Å². The summed E-state index contributed by atoms with van der Waals surface area (Å²) in [6, 6.07) is 5.74. The zero-order chi connectivity index (χ0) is 27.0. The van der Waals surface area contributed by atoms with Crippen LogP contribution in [0.5, 0.6) is 0 Å². The minimum absolute atomic E-state index is 0.160. The largest absolute Gasteiger partial charge is 0.386 e. The Balaban J connectivity index is 1.25. The first kappa shape index (κ1) is 26.1. The summed E-state index contributed by atoms with van der Waals surface area (Å²) in [7, 11) is 0. The molecule has 2 aliphatic heterocycles. The van der Waals surface area contributed by atoms with E-state index in [4.69, 9.17) is 5.73 Å². The van der Waals surface area contributed by atoms with Crippen LogP contribution in [0.15, 0.2) is 36.5 Å². The Kier molecular flexibility index (Phi) is 7.06. The maximum absolute atomic E-state index is 13.7. The van der Waals surface area contributed by atoms with Gasteiger partial charge in [0, 0.05) is 68.7 Å². The van der Waals surface area contributed by atoms with E-state index in [1.54, 1.807) is 11.6 Å². The standard InChI is InChI=1S/C27H34F2N8O/c1-4-23-19(14-31-37(23)25-13-24(32-26(30)33-25)36-16-27(3,38)17-36)6-5-7-34-8-9-35(15-18(34)2)22-11-20(28)10-21(29)12-22/h5-6,10-14,18,38H,4,7-9,15-17H2,1-3H3,(H2,30,32,33)/t18-/m1/s1. The number of nitrogens with two attached hydrogens (primary N) is 1. The number of halogens is 2. The minimum Gasteiger partial charge on any atom is -0.386 e. The Hall–Kier alpha value is -3.57. The van der Waals surface area contributed by atoms with E-state index in [9.17, 15) is 13.9 Å². The molecule has 2 aliphatic rings. The fourth-order valence-electron chi connectivity index (χ4n) is 5.26. The van der Waals surface area contributed by atoms with E-state index in [0.717, 1.165) is 36.8 Å². The molecule has 202 valence electrons. The van der Waals surface area contributed by atoms with E-state index < -0.39 is 17.2 Å². The normalized spacial score (nSPS) is 19.8. The van der Waals surface area contributed by atoms with Crippen molar-refractivity contribution in [2.45, 2.75) is 38.8 Å². The number of anilines is 3. The Morgan fingerprint density at radius 1 is 1.08 bits per heavy atom. The number of nitrogen functional groups attached to an aromatic ring is 1. The summed E-state index contributed by atoms with van der Waals surface area (Å²) < 4.78 is 29.1. The lowest BCUT2D eigenvalue weighted by Crippen LogP contribution is -2.60. The Labute approximate surface area is 221 Å². The first-order chi connectivity index (χ1) is 18.1. The molecular formula is C27H34F2N8O. The van der Waals surface area contributed by atoms with Crippen LogP contribution < -0.4 is 15.5 Å². The van der Waals surface area contributed by atoms with Crippen LogP contribution in [0.2, 0.25) is 0 Å². The molecule has 2 fully saturated rings. The van der Waals surface area contributed by atoms with Crippen LogP contribution in [0.4, 0.5) is 26.2 Å². The highest BCUT2D eigenvalue weighted by Gasteiger charge is 2.37. The predicted molar refractivity (Wildman–Crippen MR) is 144 cm³/mol. The summed E-state index contributed by atoms with van der Waals surface area (Å²) in [5.74, 6) is 0.310. The fourth-order valence-corrected chi connectivity index (χ4v) is 5.26. The first-order valence-electron chi connectivity index (χ1n) is 12.9. The Morgan fingerprint density at radius 2 is 1.79 bits per heavy atom. The van der Waals surface area contributed by atoms with Gasteiger partial charge >= 0.3 is 0 Å². The maximum atomic E-state index is 13.7. The summed E-state index contributed by atoms with van der Waals surface area (Å²) >= 11 is 0. The highest BCUT2D eigenvalue weighted by molar-refractivity contribution is 5.55. The van der Waals surface area contributed by atoms with Crippen molar-refractivity contribution in [3.05, 3.63) is 59.4 Å². The third-order valence-corrected chi connectivity index (χ3v) is 7.17. The Morgan fingerprint density at radius 3 is 2.45 bits per heavy atom. The molecule has 4 heterocycles. The zero-order valence-corrected chi connectivity index (χ0v) is 22.0. The van der Waals surface area contributed by atoms with E-state index in [-0.39, 0.29) is 12.0 Å². The first-order valence-corrected chi connectivity index (χ1v) is 12.9. The van der Waals surface area contributed by atoms with E-state index >= 15 is 0 Å². The molecule has 0 bridgehead atoms. The van der Waals surface area contributed by atoms with Crippen molar-refractivity contribution in [3.63, 3.8) is 0 Å². The fraction of sp³-hybridized carbons (Fsp3) is 0.444. The van der Waals surface area contributed by atoms with Gasteiger partial charge in [0.05, 0.1) is 17.5 Å². The van der Waals surface area contributed by atoms with Gasteiger partial charge in [-0.25, -0.2) is 13.5 Å². The lowest BCUT2D eigenvalue weighted by atomic mass is 9.97. The molecular weight excluding hydrogens is 490 g/mol. The third-order valence-electron chi connectivity index (χ3n) is 7.17. The second-order valence-electron chi connectivity index (χ2n) is 10.4. The van der Waals surface area contributed by atoms with Crippen LogP contribution in [0, 0.1) is 11.6 Å². The summed E-state index contributed by atoms with van der Waals surface area (Å²) in [4.78, 5) is 15.1. The van der Waals surface area contributed by atoms with E-state index in [1.807, 2.05) is 22.1 Å². The van der Waals surface area contributed by atoms with Gasteiger partial charge < -0.3 is 20.6 Å². The lowest BCUT2D eigenvalue weighted by molar-refractivity contribution is 0.0305. The van der Waals surface area contributed by atoms with Gasteiger partial charge in [-0.3, -0.25) is 4.90 Å². The molecule has 0 saturated carbocycles. The monoisotopic (exact) mass is 524 g/mol. The molecule has 3 N–H and O–H groups in total. The van der Waals surface area contributed by atoms with Gasteiger partial charge in [-0.15, -0.1) is 0 Å². The molecule has 0 amide bonds. The number of β-amino-alcohol motifs (C(OH)–C–C–N with tert-alkyl or cyclic N) is 1. The number of aliphatic hydroxyl groups is 1. The summed E-state index contributed by atoms with van der Waals surface area (Å²) in [6.45, 7) is 9.89. The maximum Gasteiger partial charge on any atom is 0.224 e. The second-order valence-corrected chi connectivity index (χ2v) is 10.4. The topological polar surface area (TPSA) is 99.6 Å². The molecule has 11 heteroatoms. The van der Waals surface area contributed by atoms with Crippen molar-refractivity contribution >= 4 is 23.5 Å². The van der Waals surface area contributed by atoms with Crippen molar-refractivity contribution in [3.8, 4) is 5.82 Å². The molecule has 1 aromatic carbocycles. The quantitative estimate of drug-likeness (QED) is 0.487. The average molecular weight is 525 g/mol. The molecule has 0 radical (unpaired) electrons. The Bertz CT molecular complexity index is 1310. The average Bonchev–Trinajstić information content (AvgIpc) is 3.25. The second kappa shape index (κ2) is 10.3. The summed E-state index contributed by atoms with van der Waals surface area (Å²) in [5, 5.41) is 14.7. The number of benzene rings is 1. The lowest BCUT2D eigenvalue weighted by Gasteiger charge is -2.44. The van der Waals surface area contributed by atoms with Gasteiger partial charge in [-0.1, -0.05) is 19.1 Å². The molecule has 9 nitrogen and oxygen atoms in total. The van der Waals surface area contributed by atoms with Crippen LogP contribution in [0.25, 0.3) is 11.9 Å². The molecule has 38 heavy (non-hydrogen) atoms. The highest BCUT2D eigenvalue weighted by Crippen LogP contribution is 2.28. The molecule has 2 aromatic heterocycles. The molecule has 0 aliphatic carbocycles. The van der Waals surface area contributed by atoms with Gasteiger partial charge in [0.2, 0.25) is 5.95 Å². The highest BCUT2D eigenvalue weighted by atomic mass is 19.1. The van der Waals surface area contributed by atoms with E-state index in [0.29, 0.717) is 43.5 Å². The van der Waals surface area contributed by atoms with Crippen LogP contribution in [-0.4, -0.2) is 80.7 Å². The van der Waals surface area contributed by atoms with Gasteiger partial charge in [-0.05, 0) is 32.4 Å². The zero-order valence-electron chi connectivity index (χ0n) is 22.0. The van der Waals surface area contributed by atoms with Crippen LogP contribution in [0.1, 0.15) is 32.0 Å². The van der Waals surface area contributed by atoms with Crippen molar-refractivity contribution in [2.24, 2.45) is 0 Å². The summed E-state index contributed by atoms with van der Waals surface area (Å²) in [5.41, 5.74) is 7.87. The predicted octanol–water partition coefficient (Wildman–Crippen LogP) is 2.88. The van der Waals surface area contributed by atoms with Crippen molar-refractivity contribution in [1.29, 1.82) is 0 Å². The molecule has 0 spiro atoms. The summed E-state index contributed by atoms with van der Waals surface area (Å²) in [6.07, 6.45) is 6.76. The van der Waals surface area contributed by atoms with E-state index in [1.165, 1.54) is 12.1 Å². The molecule has 2 saturated heterocycles. The van der Waals surface area contributed by atoms with Crippen LogP contribution in [0.3, 0.4) is 0 Å². The van der Waals surface area contributed by atoms with Gasteiger partial charge in [0.25, 0.3) is 0 Å². The number of piperazine rings is 1. The van der Waals surface area contributed by atoms with Gasteiger partial charge in [0.1, 0.15) is 17.5 Å². The van der Waals surface area contributed by atoms with Crippen molar-refractivity contribution < 1.29 is 13.9 Å².